The number of hydrogen-bond donors (Lipinski definition) is 2. The van der Waals surface area contributed by atoms with Gasteiger partial charge in [-0.15, -0.1) is 0 Å². The van der Waals surface area contributed by atoms with Crippen molar-refractivity contribution in [3.05, 3.63) is 35.6 Å². The van der Waals surface area contributed by atoms with Crippen LogP contribution in [0.2, 0.25) is 0 Å². The third-order valence-electron chi connectivity index (χ3n) is 3.66. The van der Waals surface area contributed by atoms with E-state index in [2.05, 4.69) is 5.32 Å². The quantitative estimate of drug-likeness (QED) is 0.888. The van der Waals surface area contributed by atoms with Crippen LogP contribution in [-0.4, -0.2) is 23.7 Å². The summed E-state index contributed by atoms with van der Waals surface area (Å²) in [5.74, 6) is 0.557. The lowest BCUT2D eigenvalue weighted by atomic mass is 9.82. The van der Waals surface area contributed by atoms with Gasteiger partial charge in [-0.05, 0) is 43.9 Å². The fourth-order valence-electron chi connectivity index (χ4n) is 2.47. The van der Waals surface area contributed by atoms with Crippen molar-refractivity contribution in [2.45, 2.75) is 25.9 Å². The first-order chi connectivity index (χ1) is 9.11. The molecule has 1 fully saturated rings. The van der Waals surface area contributed by atoms with Crippen molar-refractivity contribution >= 4 is 16.9 Å². The molecule has 2 N–H and O–H groups in total. The van der Waals surface area contributed by atoms with E-state index in [0.717, 1.165) is 29.4 Å². The van der Waals surface area contributed by atoms with E-state index in [1.807, 2.05) is 25.1 Å². The molecule has 1 heterocycles. The second-order valence-corrected chi connectivity index (χ2v) is 5.35. The molecule has 19 heavy (non-hydrogen) atoms. The van der Waals surface area contributed by atoms with Crippen molar-refractivity contribution in [3.8, 4) is 0 Å². The molecule has 100 valence electrons. The molecule has 4 nitrogen and oxygen atoms in total. The highest BCUT2D eigenvalue weighted by Gasteiger charge is 2.27. The third-order valence-corrected chi connectivity index (χ3v) is 3.66. The number of nitrogens with one attached hydrogen (secondary N) is 1. The van der Waals surface area contributed by atoms with Gasteiger partial charge in [0.2, 0.25) is 0 Å². The van der Waals surface area contributed by atoms with Crippen LogP contribution in [0.3, 0.4) is 0 Å². The maximum absolute atomic E-state index is 12.0. The van der Waals surface area contributed by atoms with Crippen molar-refractivity contribution in [1.82, 2.24) is 5.32 Å². The van der Waals surface area contributed by atoms with E-state index in [-0.39, 0.29) is 12.0 Å². The molecule has 0 bridgehead atoms. The highest BCUT2D eigenvalue weighted by atomic mass is 16.3. The Balaban J connectivity index is 1.67. The van der Waals surface area contributed by atoms with Gasteiger partial charge < -0.3 is 14.8 Å². The van der Waals surface area contributed by atoms with Crippen LogP contribution in [0.25, 0.3) is 11.0 Å². The fraction of sp³-hybridized carbons (Fsp3) is 0.400. The minimum absolute atomic E-state index is 0.184. The number of fused-ring (bicyclic) bond motifs is 1. The van der Waals surface area contributed by atoms with Crippen LogP contribution in [0.15, 0.2) is 28.7 Å². The lowest BCUT2D eigenvalue weighted by molar-refractivity contribution is 0.0418. The average molecular weight is 259 g/mol. The van der Waals surface area contributed by atoms with Gasteiger partial charge in [0.15, 0.2) is 5.76 Å². The molecule has 0 radical (unpaired) electrons. The number of carbonyl (C=O) groups is 1. The molecular formula is C15H17NO3. The van der Waals surface area contributed by atoms with E-state index in [0.29, 0.717) is 18.2 Å². The lowest BCUT2D eigenvalue weighted by Crippen LogP contribution is -2.38. The topological polar surface area (TPSA) is 62.5 Å². The largest absolute Gasteiger partial charge is 0.451 e. The van der Waals surface area contributed by atoms with Gasteiger partial charge in [-0.3, -0.25) is 4.79 Å². The van der Waals surface area contributed by atoms with Crippen LogP contribution in [0, 0.1) is 12.8 Å². The summed E-state index contributed by atoms with van der Waals surface area (Å²) in [4.78, 5) is 12.0. The number of amides is 1. The normalized spacial score (nSPS) is 22.2. The highest BCUT2D eigenvalue weighted by molar-refractivity contribution is 5.96. The number of aliphatic hydroxyl groups is 1. The molecule has 0 atom stereocenters. The first-order valence-electron chi connectivity index (χ1n) is 6.58. The predicted octanol–water partition coefficient (Wildman–Crippen LogP) is 2.24. The molecule has 2 aromatic rings. The van der Waals surface area contributed by atoms with Gasteiger partial charge in [0, 0.05) is 11.9 Å². The Bertz CT molecular complexity index is 611. The van der Waals surface area contributed by atoms with Crippen molar-refractivity contribution in [3.63, 3.8) is 0 Å². The van der Waals surface area contributed by atoms with Crippen LogP contribution in [0.4, 0.5) is 0 Å². The number of carbonyl (C=O) groups excluding carboxylic acids is 1. The van der Waals surface area contributed by atoms with Crippen LogP contribution >= 0.6 is 0 Å². The van der Waals surface area contributed by atoms with Crippen LogP contribution < -0.4 is 5.32 Å². The van der Waals surface area contributed by atoms with Gasteiger partial charge in [0.1, 0.15) is 5.58 Å². The Labute approximate surface area is 111 Å². The van der Waals surface area contributed by atoms with Crippen LogP contribution in [0.5, 0.6) is 0 Å². The first-order valence-corrected chi connectivity index (χ1v) is 6.58. The molecule has 1 aliphatic rings. The Hall–Kier alpha value is -1.81. The SMILES string of the molecule is Cc1ccc2oc(C(=O)NCC3CC(O)C3)cc2c1. The molecule has 4 heteroatoms. The minimum Gasteiger partial charge on any atom is -0.451 e. The Morgan fingerprint density at radius 3 is 2.95 bits per heavy atom. The second kappa shape index (κ2) is 4.70. The molecule has 1 saturated carbocycles. The Morgan fingerprint density at radius 2 is 2.21 bits per heavy atom. The Morgan fingerprint density at radius 1 is 1.42 bits per heavy atom. The van der Waals surface area contributed by atoms with Crippen molar-refractivity contribution in [1.29, 1.82) is 0 Å². The smallest absolute Gasteiger partial charge is 0.287 e. The summed E-state index contributed by atoms with van der Waals surface area (Å²) in [5.41, 5.74) is 1.87. The number of aryl methyl sites for hydroxylation is 1. The zero-order chi connectivity index (χ0) is 13.4. The van der Waals surface area contributed by atoms with Crippen LogP contribution in [-0.2, 0) is 0 Å². The standard InChI is InChI=1S/C15H17NO3/c1-9-2-3-13-11(4-9)7-14(19-13)15(18)16-8-10-5-12(17)6-10/h2-4,7,10,12,17H,5-6,8H2,1H3,(H,16,18). The van der Waals surface area contributed by atoms with Crippen molar-refractivity contribution in [2.24, 2.45) is 5.92 Å². The Kier molecular flexibility index (Phi) is 3.03. The number of furan rings is 1. The summed E-state index contributed by atoms with van der Waals surface area (Å²) in [6.45, 7) is 2.61. The van der Waals surface area contributed by atoms with E-state index in [9.17, 15) is 9.90 Å². The second-order valence-electron chi connectivity index (χ2n) is 5.35. The summed E-state index contributed by atoms with van der Waals surface area (Å²) < 4.78 is 5.53. The molecule has 0 aliphatic heterocycles. The molecule has 0 spiro atoms. The molecular weight excluding hydrogens is 242 g/mol. The number of benzene rings is 1. The van der Waals surface area contributed by atoms with E-state index in [1.165, 1.54) is 0 Å². The third kappa shape index (κ3) is 2.49. The zero-order valence-corrected chi connectivity index (χ0v) is 10.8. The minimum atomic E-state index is -0.185. The van der Waals surface area contributed by atoms with E-state index < -0.39 is 0 Å². The molecule has 0 unspecified atom stereocenters. The summed E-state index contributed by atoms with van der Waals surface area (Å²) >= 11 is 0. The predicted molar refractivity (Wildman–Crippen MR) is 72.0 cm³/mol. The molecule has 3 rings (SSSR count). The number of rotatable bonds is 3. The van der Waals surface area contributed by atoms with E-state index >= 15 is 0 Å². The van der Waals surface area contributed by atoms with Gasteiger partial charge in [-0.1, -0.05) is 11.6 Å². The molecule has 0 saturated heterocycles. The molecule has 1 aromatic heterocycles. The monoisotopic (exact) mass is 259 g/mol. The first kappa shape index (κ1) is 12.2. The number of hydrogen-bond acceptors (Lipinski definition) is 3. The highest BCUT2D eigenvalue weighted by Crippen LogP contribution is 2.26. The molecule has 1 aliphatic carbocycles. The van der Waals surface area contributed by atoms with Gasteiger partial charge in [0.25, 0.3) is 5.91 Å². The maximum Gasteiger partial charge on any atom is 0.287 e. The molecule has 1 amide bonds. The lowest BCUT2D eigenvalue weighted by Gasteiger charge is -2.31. The van der Waals surface area contributed by atoms with Crippen molar-refractivity contribution < 1.29 is 14.3 Å². The average Bonchev–Trinajstić information content (AvgIpc) is 2.75. The van der Waals surface area contributed by atoms with Gasteiger partial charge in [-0.2, -0.15) is 0 Å². The van der Waals surface area contributed by atoms with Gasteiger partial charge in [0.05, 0.1) is 6.10 Å². The van der Waals surface area contributed by atoms with Crippen LogP contribution in [0.1, 0.15) is 29.0 Å². The summed E-state index contributed by atoms with van der Waals surface area (Å²) in [5, 5.41) is 13.0. The van der Waals surface area contributed by atoms with Gasteiger partial charge in [-0.25, -0.2) is 0 Å². The summed E-state index contributed by atoms with van der Waals surface area (Å²) in [6, 6.07) is 7.61. The van der Waals surface area contributed by atoms with E-state index in [4.69, 9.17) is 4.42 Å². The summed E-state index contributed by atoms with van der Waals surface area (Å²) in [6.07, 6.45) is 1.37. The summed E-state index contributed by atoms with van der Waals surface area (Å²) in [7, 11) is 0. The zero-order valence-electron chi connectivity index (χ0n) is 10.8. The van der Waals surface area contributed by atoms with Crippen molar-refractivity contribution in [2.75, 3.05) is 6.54 Å². The number of aliphatic hydroxyl groups excluding tert-OH is 1. The fourth-order valence-corrected chi connectivity index (χ4v) is 2.47. The molecule has 1 aromatic carbocycles. The maximum atomic E-state index is 12.0. The van der Waals surface area contributed by atoms with Gasteiger partial charge >= 0.3 is 0 Å². The van der Waals surface area contributed by atoms with E-state index in [1.54, 1.807) is 6.07 Å².